The zero-order valence-electron chi connectivity index (χ0n) is 9.92. The number of hydrogen-bond donors (Lipinski definition) is 1. The molecule has 1 aromatic rings. The Balaban J connectivity index is 1.50. The van der Waals surface area contributed by atoms with Crippen molar-refractivity contribution in [2.75, 3.05) is 0 Å². The Bertz CT molecular complexity index is 441. The number of rotatable bonds is 2. The largest absolute Gasteiger partial charge is 0.307 e. The molecule has 3 heteroatoms. The number of nitrogens with one attached hydrogen (secondary N) is 1. The second-order valence-electron chi connectivity index (χ2n) is 5.97. The normalized spacial score (nSPS) is 38.9. The minimum Gasteiger partial charge on any atom is -0.307 e. The fourth-order valence-corrected chi connectivity index (χ4v) is 5.57. The van der Waals surface area contributed by atoms with Crippen LogP contribution in [0, 0.1) is 11.8 Å². The average molecular weight is 268 g/mol. The summed E-state index contributed by atoms with van der Waals surface area (Å²) in [6, 6.07) is 3.58. The van der Waals surface area contributed by atoms with E-state index in [1.54, 1.807) is 11.3 Å². The third-order valence-corrected chi connectivity index (χ3v) is 6.34. The molecular weight excluding hydrogens is 250 g/mol. The van der Waals surface area contributed by atoms with Gasteiger partial charge in [0, 0.05) is 17.0 Å². The van der Waals surface area contributed by atoms with Crippen molar-refractivity contribution in [2.45, 2.75) is 50.6 Å². The summed E-state index contributed by atoms with van der Waals surface area (Å²) < 4.78 is 0.967. The Morgan fingerprint density at radius 3 is 2.94 bits per heavy atom. The highest BCUT2D eigenvalue weighted by Gasteiger charge is 2.41. The molecule has 0 amide bonds. The van der Waals surface area contributed by atoms with Crippen LogP contribution in [0.1, 0.15) is 48.6 Å². The number of halogens is 1. The molecule has 4 unspecified atom stereocenters. The van der Waals surface area contributed by atoms with E-state index >= 15 is 0 Å². The maximum Gasteiger partial charge on any atom is 0.0934 e. The molecule has 0 radical (unpaired) electrons. The summed E-state index contributed by atoms with van der Waals surface area (Å²) in [7, 11) is 0. The van der Waals surface area contributed by atoms with Crippen LogP contribution in [0.3, 0.4) is 0 Å². The SMILES string of the molecule is Clc1cc2c(s1)CCC2NC1CC2CCC1C2. The highest BCUT2D eigenvalue weighted by Crippen LogP contribution is 2.46. The molecule has 92 valence electrons. The van der Waals surface area contributed by atoms with E-state index in [9.17, 15) is 0 Å². The van der Waals surface area contributed by atoms with E-state index in [-0.39, 0.29) is 0 Å². The molecule has 17 heavy (non-hydrogen) atoms. The molecule has 2 fully saturated rings. The van der Waals surface area contributed by atoms with Crippen molar-refractivity contribution in [3.8, 4) is 0 Å². The Morgan fingerprint density at radius 2 is 2.18 bits per heavy atom. The van der Waals surface area contributed by atoms with Gasteiger partial charge in [-0.2, -0.15) is 0 Å². The predicted octanol–water partition coefficient (Wildman–Crippen LogP) is 4.17. The molecule has 2 saturated carbocycles. The number of hydrogen-bond acceptors (Lipinski definition) is 2. The van der Waals surface area contributed by atoms with Crippen LogP contribution in [0.25, 0.3) is 0 Å². The second-order valence-corrected chi connectivity index (χ2v) is 7.74. The van der Waals surface area contributed by atoms with Gasteiger partial charge in [0.15, 0.2) is 0 Å². The third kappa shape index (κ3) is 1.76. The average Bonchev–Trinajstić information content (AvgIpc) is 3.00. The van der Waals surface area contributed by atoms with Crippen molar-refractivity contribution in [1.29, 1.82) is 0 Å². The molecule has 0 spiro atoms. The highest BCUT2D eigenvalue weighted by molar-refractivity contribution is 7.16. The van der Waals surface area contributed by atoms with Crippen LogP contribution in [0.5, 0.6) is 0 Å². The molecule has 1 N–H and O–H groups in total. The van der Waals surface area contributed by atoms with Crippen LogP contribution in [-0.2, 0) is 6.42 Å². The molecule has 1 nitrogen and oxygen atoms in total. The molecule has 1 aromatic heterocycles. The van der Waals surface area contributed by atoms with Crippen molar-refractivity contribution >= 4 is 22.9 Å². The van der Waals surface area contributed by atoms with Gasteiger partial charge in [0.25, 0.3) is 0 Å². The van der Waals surface area contributed by atoms with E-state index in [2.05, 4.69) is 11.4 Å². The van der Waals surface area contributed by atoms with Crippen molar-refractivity contribution in [2.24, 2.45) is 11.8 Å². The molecule has 3 aliphatic rings. The van der Waals surface area contributed by atoms with Crippen LogP contribution >= 0.6 is 22.9 Å². The minimum absolute atomic E-state index is 0.595. The van der Waals surface area contributed by atoms with Gasteiger partial charge in [0.05, 0.1) is 4.34 Å². The summed E-state index contributed by atoms with van der Waals surface area (Å²) in [5.41, 5.74) is 1.50. The predicted molar refractivity (Wildman–Crippen MR) is 72.8 cm³/mol. The standard InChI is InChI=1S/C14H18ClNS/c15-14-7-10-11(3-4-13(10)17-14)16-12-6-8-1-2-9(12)5-8/h7-9,11-12,16H,1-6H2. The fourth-order valence-electron chi connectivity index (χ4n) is 4.21. The zero-order valence-corrected chi connectivity index (χ0v) is 11.5. The summed E-state index contributed by atoms with van der Waals surface area (Å²) in [5, 5.41) is 3.93. The summed E-state index contributed by atoms with van der Waals surface area (Å²) in [6.45, 7) is 0. The quantitative estimate of drug-likeness (QED) is 0.848. The van der Waals surface area contributed by atoms with Gasteiger partial charge in [-0.3, -0.25) is 0 Å². The lowest BCUT2D eigenvalue weighted by Gasteiger charge is -2.26. The van der Waals surface area contributed by atoms with Crippen LogP contribution in [0.4, 0.5) is 0 Å². The Labute approximate surface area is 112 Å². The van der Waals surface area contributed by atoms with Gasteiger partial charge in [-0.05, 0) is 55.6 Å². The monoisotopic (exact) mass is 267 g/mol. The molecule has 4 atom stereocenters. The summed E-state index contributed by atoms with van der Waals surface area (Å²) >= 11 is 7.89. The van der Waals surface area contributed by atoms with Crippen molar-refractivity contribution in [1.82, 2.24) is 5.32 Å². The lowest BCUT2D eigenvalue weighted by molar-refractivity contribution is 0.318. The molecule has 0 saturated heterocycles. The van der Waals surface area contributed by atoms with E-state index in [1.165, 1.54) is 49.0 Å². The third-order valence-electron chi connectivity index (χ3n) is 5.00. The van der Waals surface area contributed by atoms with Crippen LogP contribution in [0.2, 0.25) is 4.34 Å². The smallest absolute Gasteiger partial charge is 0.0934 e. The number of fused-ring (bicyclic) bond motifs is 3. The first kappa shape index (κ1) is 10.8. The van der Waals surface area contributed by atoms with Crippen LogP contribution in [0.15, 0.2) is 6.07 Å². The topological polar surface area (TPSA) is 12.0 Å². The first-order valence-electron chi connectivity index (χ1n) is 6.84. The van der Waals surface area contributed by atoms with Gasteiger partial charge in [-0.25, -0.2) is 0 Å². The van der Waals surface area contributed by atoms with Gasteiger partial charge in [-0.1, -0.05) is 18.0 Å². The summed E-state index contributed by atoms with van der Waals surface area (Å²) in [6.07, 6.45) is 8.38. The maximum atomic E-state index is 6.11. The van der Waals surface area contributed by atoms with Gasteiger partial charge in [0.2, 0.25) is 0 Å². The van der Waals surface area contributed by atoms with Crippen molar-refractivity contribution < 1.29 is 0 Å². The van der Waals surface area contributed by atoms with E-state index in [1.807, 2.05) is 0 Å². The van der Waals surface area contributed by atoms with E-state index in [4.69, 9.17) is 11.6 Å². The van der Waals surface area contributed by atoms with Crippen LogP contribution in [-0.4, -0.2) is 6.04 Å². The zero-order chi connectivity index (χ0) is 11.4. The van der Waals surface area contributed by atoms with Crippen molar-refractivity contribution in [3.05, 3.63) is 20.8 Å². The maximum absolute atomic E-state index is 6.11. The molecule has 0 aromatic carbocycles. The van der Waals surface area contributed by atoms with Gasteiger partial charge >= 0.3 is 0 Å². The second kappa shape index (κ2) is 3.97. The number of thiophene rings is 1. The lowest BCUT2D eigenvalue weighted by Crippen LogP contribution is -2.35. The Kier molecular flexibility index (Phi) is 2.53. The van der Waals surface area contributed by atoms with E-state index in [0.717, 1.165) is 22.2 Å². The summed E-state index contributed by atoms with van der Waals surface area (Å²) in [5.74, 6) is 2.00. The van der Waals surface area contributed by atoms with Gasteiger partial charge in [-0.15, -0.1) is 11.3 Å². The summed E-state index contributed by atoms with van der Waals surface area (Å²) in [4.78, 5) is 1.52. The first-order chi connectivity index (χ1) is 8.29. The van der Waals surface area contributed by atoms with E-state index < -0.39 is 0 Å². The molecule has 2 bridgehead atoms. The molecule has 3 aliphatic carbocycles. The first-order valence-corrected chi connectivity index (χ1v) is 8.03. The molecule has 0 aliphatic heterocycles. The molecular formula is C14H18ClNS. The molecule has 1 heterocycles. The van der Waals surface area contributed by atoms with E-state index in [0.29, 0.717) is 6.04 Å². The van der Waals surface area contributed by atoms with Crippen LogP contribution < -0.4 is 5.32 Å². The Hall–Kier alpha value is -0.0500. The lowest BCUT2D eigenvalue weighted by atomic mass is 9.94. The minimum atomic E-state index is 0.595. The number of aryl methyl sites for hydroxylation is 1. The highest BCUT2D eigenvalue weighted by atomic mass is 35.5. The molecule has 4 rings (SSSR count). The van der Waals surface area contributed by atoms with Gasteiger partial charge < -0.3 is 5.32 Å². The fraction of sp³-hybridized carbons (Fsp3) is 0.714. The van der Waals surface area contributed by atoms with Crippen molar-refractivity contribution in [3.63, 3.8) is 0 Å². The Morgan fingerprint density at radius 1 is 1.24 bits per heavy atom. The van der Waals surface area contributed by atoms with Gasteiger partial charge in [0.1, 0.15) is 0 Å².